The maximum atomic E-state index is 13.2. The van der Waals surface area contributed by atoms with Gasteiger partial charge < -0.3 is 9.15 Å². The highest BCUT2D eigenvalue weighted by Gasteiger charge is 2.32. The van der Waals surface area contributed by atoms with Crippen molar-refractivity contribution in [3.05, 3.63) is 69.1 Å². The van der Waals surface area contributed by atoms with E-state index >= 15 is 0 Å². The zero-order chi connectivity index (χ0) is 24.6. The molecule has 3 aromatic rings. The molecular formula is C26H29NO6S. The van der Waals surface area contributed by atoms with Crippen molar-refractivity contribution in [2.75, 3.05) is 0 Å². The fraction of sp³-hybridized carbons (Fsp3) is 0.385. The van der Waals surface area contributed by atoms with Crippen LogP contribution in [0, 0.1) is 19.8 Å². The van der Waals surface area contributed by atoms with E-state index in [1.807, 2.05) is 13.8 Å². The van der Waals surface area contributed by atoms with E-state index in [2.05, 4.69) is 4.72 Å². The molecule has 34 heavy (non-hydrogen) atoms. The molecular weight excluding hydrogens is 454 g/mol. The Morgan fingerprint density at radius 3 is 2.44 bits per heavy atom. The van der Waals surface area contributed by atoms with Gasteiger partial charge in [-0.15, -0.1) is 0 Å². The highest BCUT2D eigenvalue weighted by atomic mass is 32.2. The first-order valence-corrected chi connectivity index (χ1v) is 13.0. The van der Waals surface area contributed by atoms with Crippen LogP contribution in [0.5, 0.6) is 5.75 Å². The van der Waals surface area contributed by atoms with Crippen molar-refractivity contribution >= 4 is 27.0 Å². The Labute approximate surface area is 199 Å². The van der Waals surface area contributed by atoms with Gasteiger partial charge in [-0.2, -0.15) is 4.72 Å². The van der Waals surface area contributed by atoms with Crippen LogP contribution in [0.4, 0.5) is 0 Å². The standard InChI is InChI=1S/C26H29NO6S/c1-5-16(3)23(27-34(30,31)18-11-9-15(2)10-12-18)26(29)32-22-14-13-20-19-7-6-8-21(19)25(28)33-24(20)17(22)4/h9-14,16,23,27H,5-8H2,1-4H3. The summed E-state index contributed by atoms with van der Waals surface area (Å²) < 4.78 is 39.7. The topological polar surface area (TPSA) is 103 Å². The summed E-state index contributed by atoms with van der Waals surface area (Å²) in [5, 5.41) is 0.850. The molecule has 180 valence electrons. The van der Waals surface area contributed by atoms with E-state index in [9.17, 15) is 18.0 Å². The van der Waals surface area contributed by atoms with Crippen molar-refractivity contribution in [2.24, 2.45) is 5.92 Å². The van der Waals surface area contributed by atoms with Crippen molar-refractivity contribution < 1.29 is 22.4 Å². The summed E-state index contributed by atoms with van der Waals surface area (Å²) in [5.41, 5.74) is 3.23. The minimum Gasteiger partial charge on any atom is -0.425 e. The number of carbonyl (C=O) groups excluding carboxylic acids is 1. The number of benzene rings is 2. The Morgan fingerprint density at radius 2 is 1.76 bits per heavy atom. The van der Waals surface area contributed by atoms with Gasteiger partial charge in [-0.25, -0.2) is 18.0 Å². The van der Waals surface area contributed by atoms with Crippen LogP contribution in [-0.2, 0) is 27.7 Å². The van der Waals surface area contributed by atoms with Crippen LogP contribution in [0.3, 0.4) is 0 Å². The average molecular weight is 484 g/mol. The van der Waals surface area contributed by atoms with Gasteiger partial charge in [-0.3, -0.25) is 0 Å². The molecule has 0 bridgehead atoms. The summed E-state index contributed by atoms with van der Waals surface area (Å²) in [4.78, 5) is 25.7. The Morgan fingerprint density at radius 1 is 1.09 bits per heavy atom. The summed E-state index contributed by atoms with van der Waals surface area (Å²) in [6, 6.07) is 8.80. The third-order valence-corrected chi connectivity index (χ3v) is 8.09. The predicted octanol–water partition coefficient (Wildman–Crippen LogP) is 4.20. The fourth-order valence-electron chi connectivity index (χ4n) is 4.33. The van der Waals surface area contributed by atoms with Gasteiger partial charge in [-0.1, -0.05) is 38.0 Å². The SMILES string of the molecule is CCC(C)C(NS(=O)(=O)c1ccc(C)cc1)C(=O)Oc1ccc2c3c(c(=O)oc2c1C)CCC3. The monoisotopic (exact) mass is 483 g/mol. The third-order valence-electron chi connectivity index (χ3n) is 6.63. The number of ether oxygens (including phenoxy) is 1. The van der Waals surface area contributed by atoms with Crippen LogP contribution in [0.15, 0.2) is 50.5 Å². The van der Waals surface area contributed by atoms with Gasteiger partial charge in [0, 0.05) is 16.5 Å². The summed E-state index contributed by atoms with van der Waals surface area (Å²) in [5.74, 6) is -0.785. The van der Waals surface area contributed by atoms with Crippen LogP contribution in [0.25, 0.3) is 11.0 Å². The van der Waals surface area contributed by atoms with Gasteiger partial charge >= 0.3 is 11.6 Å². The molecule has 1 heterocycles. The van der Waals surface area contributed by atoms with Crippen LogP contribution in [0.2, 0.25) is 0 Å². The fourth-order valence-corrected chi connectivity index (χ4v) is 5.62. The number of rotatable bonds is 7. The molecule has 1 N–H and O–H groups in total. The molecule has 0 saturated heterocycles. The highest BCUT2D eigenvalue weighted by molar-refractivity contribution is 7.89. The van der Waals surface area contributed by atoms with Gasteiger partial charge in [0.25, 0.3) is 0 Å². The lowest BCUT2D eigenvalue weighted by molar-refractivity contribution is -0.137. The van der Waals surface area contributed by atoms with E-state index in [4.69, 9.17) is 9.15 Å². The van der Waals surface area contributed by atoms with Crippen molar-refractivity contribution in [2.45, 2.75) is 64.3 Å². The lowest BCUT2D eigenvalue weighted by Gasteiger charge is -2.23. The number of hydrogen-bond acceptors (Lipinski definition) is 6. The maximum absolute atomic E-state index is 13.2. The molecule has 1 aromatic heterocycles. The molecule has 0 fully saturated rings. The van der Waals surface area contributed by atoms with Crippen LogP contribution < -0.4 is 15.1 Å². The number of esters is 1. The summed E-state index contributed by atoms with van der Waals surface area (Å²) in [6.07, 6.45) is 2.99. The Hall–Kier alpha value is -2.97. The van der Waals surface area contributed by atoms with Crippen LogP contribution in [-0.4, -0.2) is 20.4 Å². The minimum atomic E-state index is -3.94. The van der Waals surface area contributed by atoms with E-state index in [0.29, 0.717) is 24.0 Å². The third kappa shape index (κ3) is 4.52. The van der Waals surface area contributed by atoms with Gasteiger partial charge in [-0.05, 0) is 68.9 Å². The van der Waals surface area contributed by atoms with E-state index in [-0.39, 0.29) is 22.2 Å². The Balaban J connectivity index is 1.64. The Bertz CT molecular complexity index is 1410. The van der Waals surface area contributed by atoms with E-state index in [0.717, 1.165) is 34.9 Å². The van der Waals surface area contributed by atoms with Crippen molar-refractivity contribution in [1.82, 2.24) is 4.72 Å². The molecule has 0 saturated carbocycles. The molecule has 0 spiro atoms. The molecule has 7 nitrogen and oxygen atoms in total. The second kappa shape index (κ2) is 9.35. The summed E-state index contributed by atoms with van der Waals surface area (Å²) >= 11 is 0. The number of sulfonamides is 1. The van der Waals surface area contributed by atoms with Gasteiger partial charge in [0.15, 0.2) is 0 Å². The molecule has 8 heteroatoms. The van der Waals surface area contributed by atoms with Crippen molar-refractivity contribution in [3.63, 3.8) is 0 Å². The number of carbonyl (C=O) groups is 1. The number of hydrogen-bond donors (Lipinski definition) is 1. The minimum absolute atomic E-state index is 0.0803. The summed E-state index contributed by atoms with van der Waals surface area (Å²) in [6.45, 7) is 7.26. The molecule has 0 amide bonds. The Kier molecular flexibility index (Phi) is 6.64. The van der Waals surface area contributed by atoms with Gasteiger partial charge in [0.2, 0.25) is 10.0 Å². The molecule has 2 atom stereocenters. The molecule has 1 aliphatic carbocycles. The zero-order valence-corrected chi connectivity index (χ0v) is 20.6. The van der Waals surface area contributed by atoms with Crippen molar-refractivity contribution in [3.8, 4) is 5.75 Å². The smallest absolute Gasteiger partial charge is 0.339 e. The largest absolute Gasteiger partial charge is 0.425 e. The maximum Gasteiger partial charge on any atom is 0.339 e. The molecule has 0 radical (unpaired) electrons. The lowest BCUT2D eigenvalue weighted by atomic mass is 10.0. The van der Waals surface area contributed by atoms with Crippen LogP contribution >= 0.6 is 0 Å². The number of aryl methyl sites for hydroxylation is 3. The summed E-state index contributed by atoms with van der Waals surface area (Å²) in [7, 11) is -3.94. The molecule has 2 aromatic carbocycles. The first-order valence-electron chi connectivity index (χ1n) is 11.5. The number of fused-ring (bicyclic) bond motifs is 3. The normalized spacial score (nSPS) is 15.2. The van der Waals surface area contributed by atoms with E-state index < -0.39 is 22.0 Å². The number of nitrogens with one attached hydrogen (secondary N) is 1. The first kappa shape index (κ1) is 24.2. The molecule has 1 aliphatic rings. The van der Waals surface area contributed by atoms with E-state index in [1.54, 1.807) is 38.1 Å². The lowest BCUT2D eigenvalue weighted by Crippen LogP contribution is -2.47. The zero-order valence-electron chi connectivity index (χ0n) is 19.8. The van der Waals surface area contributed by atoms with Crippen LogP contribution in [0.1, 0.15) is 48.9 Å². The predicted molar refractivity (Wildman–Crippen MR) is 130 cm³/mol. The van der Waals surface area contributed by atoms with E-state index in [1.165, 1.54) is 12.1 Å². The second-order valence-corrected chi connectivity index (χ2v) is 10.7. The van der Waals surface area contributed by atoms with Crippen molar-refractivity contribution in [1.29, 1.82) is 0 Å². The molecule has 2 unspecified atom stereocenters. The second-order valence-electron chi connectivity index (χ2n) is 8.98. The highest BCUT2D eigenvalue weighted by Crippen LogP contribution is 2.33. The molecule has 0 aliphatic heterocycles. The first-order chi connectivity index (χ1) is 16.1. The quantitative estimate of drug-likeness (QED) is 0.307. The average Bonchev–Trinajstić information content (AvgIpc) is 3.30. The van der Waals surface area contributed by atoms with Gasteiger partial charge in [0.1, 0.15) is 17.4 Å². The van der Waals surface area contributed by atoms with Gasteiger partial charge in [0.05, 0.1) is 4.90 Å². The molecule has 4 rings (SSSR count).